The number of hydrogen-bond donors (Lipinski definition) is 3. The SMILES string of the molecule is CCC(C)(C)N(C(=O)C(CO)NC(=O)OC(C)(C)C)C(C(=O)NC1CCCCC1)c1cc(C)ccc1C. The molecule has 0 spiro atoms. The van der Waals surface area contributed by atoms with E-state index < -0.39 is 41.8 Å². The molecule has 1 saturated carbocycles. The number of carbonyl (C=O) groups is 3. The molecule has 1 aromatic carbocycles. The first-order valence-corrected chi connectivity index (χ1v) is 13.5. The molecule has 0 saturated heterocycles. The summed E-state index contributed by atoms with van der Waals surface area (Å²) in [5, 5.41) is 15.9. The molecule has 0 bridgehead atoms. The molecule has 3 amide bonds. The average Bonchev–Trinajstić information content (AvgIpc) is 2.81. The van der Waals surface area contributed by atoms with Crippen LogP contribution in [0.4, 0.5) is 4.79 Å². The minimum atomic E-state index is -1.27. The minimum absolute atomic E-state index is 0.0593. The Morgan fingerprint density at radius 1 is 1.08 bits per heavy atom. The second kappa shape index (κ2) is 12.8. The molecule has 2 rings (SSSR count). The van der Waals surface area contributed by atoms with Gasteiger partial charge in [-0.15, -0.1) is 0 Å². The van der Waals surface area contributed by atoms with Gasteiger partial charge in [0.15, 0.2) is 0 Å². The first kappa shape index (κ1) is 30.6. The van der Waals surface area contributed by atoms with Crippen molar-refractivity contribution in [3.8, 4) is 0 Å². The number of rotatable bonds is 9. The van der Waals surface area contributed by atoms with Gasteiger partial charge in [-0.1, -0.05) is 49.9 Å². The van der Waals surface area contributed by atoms with Crippen molar-refractivity contribution in [2.45, 2.75) is 123 Å². The maximum Gasteiger partial charge on any atom is 0.408 e. The summed E-state index contributed by atoms with van der Waals surface area (Å²) in [6, 6.07) is 3.74. The van der Waals surface area contributed by atoms with Crippen molar-refractivity contribution in [2.24, 2.45) is 0 Å². The van der Waals surface area contributed by atoms with Crippen molar-refractivity contribution in [1.82, 2.24) is 15.5 Å². The number of nitrogens with one attached hydrogen (secondary N) is 2. The third-order valence-electron chi connectivity index (χ3n) is 7.11. The van der Waals surface area contributed by atoms with Crippen LogP contribution in [0.1, 0.15) is 103 Å². The fourth-order valence-electron chi connectivity index (χ4n) is 4.73. The Morgan fingerprint density at radius 2 is 1.70 bits per heavy atom. The first-order valence-electron chi connectivity index (χ1n) is 13.5. The molecular weight excluding hydrogens is 470 g/mol. The van der Waals surface area contributed by atoms with E-state index in [-0.39, 0.29) is 11.9 Å². The zero-order valence-corrected chi connectivity index (χ0v) is 23.9. The summed E-state index contributed by atoms with van der Waals surface area (Å²) in [7, 11) is 0. The van der Waals surface area contributed by atoms with E-state index in [9.17, 15) is 19.5 Å². The van der Waals surface area contributed by atoms with E-state index in [2.05, 4.69) is 10.6 Å². The molecule has 8 heteroatoms. The molecule has 0 radical (unpaired) electrons. The van der Waals surface area contributed by atoms with Crippen molar-refractivity contribution >= 4 is 17.9 Å². The number of nitrogens with zero attached hydrogens (tertiary/aromatic N) is 1. The largest absolute Gasteiger partial charge is 0.444 e. The van der Waals surface area contributed by atoms with Crippen molar-refractivity contribution in [2.75, 3.05) is 6.61 Å². The van der Waals surface area contributed by atoms with Crippen molar-refractivity contribution < 1.29 is 24.2 Å². The van der Waals surface area contributed by atoms with Gasteiger partial charge in [0, 0.05) is 11.6 Å². The van der Waals surface area contributed by atoms with Gasteiger partial charge in [-0.2, -0.15) is 0 Å². The second-order valence-corrected chi connectivity index (χ2v) is 11.9. The van der Waals surface area contributed by atoms with E-state index >= 15 is 0 Å². The predicted octanol–water partition coefficient (Wildman–Crippen LogP) is 4.70. The number of amides is 3. The summed E-state index contributed by atoms with van der Waals surface area (Å²) < 4.78 is 5.33. The van der Waals surface area contributed by atoms with Crippen LogP contribution in [0.2, 0.25) is 0 Å². The van der Waals surface area contributed by atoms with Gasteiger partial charge >= 0.3 is 6.09 Å². The van der Waals surface area contributed by atoms with Gasteiger partial charge in [0.2, 0.25) is 11.8 Å². The lowest BCUT2D eigenvalue weighted by atomic mass is 9.89. The van der Waals surface area contributed by atoms with Crippen LogP contribution in [-0.2, 0) is 14.3 Å². The number of carbonyl (C=O) groups excluding carboxylic acids is 3. The normalized spacial score (nSPS) is 16.5. The maximum atomic E-state index is 14.1. The smallest absolute Gasteiger partial charge is 0.408 e. The Labute approximate surface area is 222 Å². The van der Waals surface area contributed by atoms with E-state index in [1.165, 1.54) is 0 Å². The summed E-state index contributed by atoms with van der Waals surface area (Å²) in [5.41, 5.74) is 1.07. The van der Waals surface area contributed by atoms with Crippen LogP contribution in [-0.4, -0.2) is 57.7 Å². The van der Waals surface area contributed by atoms with Crippen molar-refractivity contribution in [3.05, 3.63) is 34.9 Å². The van der Waals surface area contributed by atoms with Gasteiger partial charge in [-0.05, 0) is 78.9 Å². The highest BCUT2D eigenvalue weighted by Gasteiger charge is 2.44. The van der Waals surface area contributed by atoms with E-state index in [1.807, 2.05) is 52.8 Å². The third kappa shape index (κ3) is 8.45. The molecular formula is C29H47N3O5. The molecule has 3 N–H and O–H groups in total. The Bertz CT molecular complexity index is 947. The number of ether oxygens (including phenoxy) is 1. The molecule has 1 fully saturated rings. The Kier molecular flexibility index (Phi) is 10.6. The monoisotopic (exact) mass is 517 g/mol. The lowest BCUT2D eigenvalue weighted by Crippen LogP contribution is -2.60. The zero-order chi connectivity index (χ0) is 28.0. The second-order valence-electron chi connectivity index (χ2n) is 11.9. The molecule has 8 nitrogen and oxygen atoms in total. The molecule has 2 unspecified atom stereocenters. The molecule has 0 aromatic heterocycles. The van der Waals surface area contributed by atoms with Gasteiger partial charge in [-0.3, -0.25) is 9.59 Å². The highest BCUT2D eigenvalue weighted by atomic mass is 16.6. The van der Waals surface area contributed by atoms with Crippen LogP contribution < -0.4 is 10.6 Å². The van der Waals surface area contributed by atoms with Gasteiger partial charge < -0.3 is 25.4 Å². The Balaban J connectivity index is 2.56. The topological polar surface area (TPSA) is 108 Å². The molecule has 2 atom stereocenters. The minimum Gasteiger partial charge on any atom is -0.444 e. The van der Waals surface area contributed by atoms with Gasteiger partial charge in [0.25, 0.3) is 0 Å². The van der Waals surface area contributed by atoms with Crippen molar-refractivity contribution in [1.29, 1.82) is 0 Å². The summed E-state index contributed by atoms with van der Waals surface area (Å²) in [5.74, 6) is -0.783. The molecule has 1 aliphatic rings. The van der Waals surface area contributed by atoms with Crippen LogP contribution >= 0.6 is 0 Å². The third-order valence-corrected chi connectivity index (χ3v) is 7.11. The number of benzene rings is 1. The summed E-state index contributed by atoms with van der Waals surface area (Å²) in [4.78, 5) is 42.2. The predicted molar refractivity (Wildman–Crippen MR) is 145 cm³/mol. The molecule has 208 valence electrons. The standard InChI is InChI=1S/C29H47N3O5/c1-9-29(7,8)32(26(35)23(18-33)31-27(36)37-28(4,5)6)24(22-17-19(2)15-16-20(22)3)25(34)30-21-13-11-10-12-14-21/h15-17,21,23-24,33H,9-14,18H2,1-8H3,(H,30,34)(H,31,36). The van der Waals surface area contributed by atoms with E-state index in [0.29, 0.717) is 6.42 Å². The number of hydrogen-bond acceptors (Lipinski definition) is 5. The molecule has 0 aliphatic heterocycles. The summed E-state index contributed by atoms with van der Waals surface area (Å²) in [6.45, 7) is 14.2. The van der Waals surface area contributed by atoms with Crippen LogP contribution in [0, 0.1) is 13.8 Å². The fraction of sp³-hybridized carbons (Fsp3) is 0.690. The lowest BCUT2D eigenvalue weighted by molar-refractivity contribution is -0.150. The zero-order valence-electron chi connectivity index (χ0n) is 23.9. The maximum absolute atomic E-state index is 14.1. The Morgan fingerprint density at radius 3 is 2.24 bits per heavy atom. The Hall–Kier alpha value is -2.61. The number of aliphatic hydroxyl groups excluding tert-OH is 1. The van der Waals surface area contributed by atoms with Crippen LogP contribution in [0.25, 0.3) is 0 Å². The van der Waals surface area contributed by atoms with Gasteiger partial charge in [0.1, 0.15) is 17.7 Å². The van der Waals surface area contributed by atoms with Crippen LogP contribution in [0.5, 0.6) is 0 Å². The highest BCUT2D eigenvalue weighted by Crippen LogP contribution is 2.34. The van der Waals surface area contributed by atoms with Crippen LogP contribution in [0.15, 0.2) is 18.2 Å². The summed E-state index contributed by atoms with van der Waals surface area (Å²) in [6.07, 6.45) is 4.87. The van der Waals surface area contributed by atoms with Gasteiger partial charge in [-0.25, -0.2) is 4.79 Å². The van der Waals surface area contributed by atoms with E-state index in [4.69, 9.17) is 4.74 Å². The average molecular weight is 518 g/mol. The number of aliphatic hydroxyl groups is 1. The lowest BCUT2D eigenvalue weighted by Gasteiger charge is -2.45. The number of alkyl carbamates (subject to hydrolysis) is 1. The fourth-order valence-corrected chi connectivity index (χ4v) is 4.73. The van der Waals surface area contributed by atoms with E-state index in [1.54, 1.807) is 25.7 Å². The van der Waals surface area contributed by atoms with Crippen molar-refractivity contribution in [3.63, 3.8) is 0 Å². The molecule has 1 aliphatic carbocycles. The van der Waals surface area contributed by atoms with Crippen LogP contribution in [0.3, 0.4) is 0 Å². The van der Waals surface area contributed by atoms with E-state index in [0.717, 1.165) is 48.8 Å². The molecule has 37 heavy (non-hydrogen) atoms. The highest BCUT2D eigenvalue weighted by molar-refractivity contribution is 5.93. The quantitative estimate of drug-likeness (QED) is 0.440. The number of aryl methyl sites for hydroxylation is 2. The summed E-state index contributed by atoms with van der Waals surface area (Å²) >= 11 is 0. The molecule has 0 heterocycles. The van der Waals surface area contributed by atoms with Gasteiger partial charge in [0.05, 0.1) is 6.61 Å². The first-order chi connectivity index (χ1) is 17.2. The molecule has 1 aromatic rings.